The summed E-state index contributed by atoms with van der Waals surface area (Å²) in [5.41, 5.74) is 7.93. The van der Waals surface area contributed by atoms with Crippen LogP contribution >= 0.6 is 0 Å². The Bertz CT molecular complexity index is 850. The van der Waals surface area contributed by atoms with Crippen LogP contribution in [0.1, 0.15) is 55.8 Å². The number of aryl methyl sites for hydroxylation is 1. The zero-order chi connectivity index (χ0) is 25.9. The second-order valence-electron chi connectivity index (χ2n) is 9.99. The van der Waals surface area contributed by atoms with E-state index in [2.05, 4.69) is 10.6 Å². The number of amides is 3. The van der Waals surface area contributed by atoms with Crippen molar-refractivity contribution in [2.24, 2.45) is 17.6 Å². The third kappa shape index (κ3) is 8.90. The lowest BCUT2D eigenvalue weighted by Crippen LogP contribution is -2.49. The van der Waals surface area contributed by atoms with Crippen LogP contribution in [0.4, 0.5) is 14.0 Å². The Morgan fingerprint density at radius 2 is 2.11 bits per heavy atom. The summed E-state index contributed by atoms with van der Waals surface area (Å²) in [4.78, 5) is 25.5. The van der Waals surface area contributed by atoms with Crippen LogP contribution in [0.5, 0.6) is 0 Å². The van der Waals surface area contributed by atoms with Crippen molar-refractivity contribution in [2.75, 3.05) is 46.0 Å². The summed E-state index contributed by atoms with van der Waals surface area (Å²) in [6.45, 7) is 5.21. The van der Waals surface area contributed by atoms with Crippen molar-refractivity contribution in [1.82, 2.24) is 15.5 Å². The molecule has 1 aromatic carbocycles. The Kier molecular flexibility index (Phi) is 11.2. The number of nitrogens with zero attached hydrogens (tertiary/aromatic N) is 1. The van der Waals surface area contributed by atoms with E-state index in [-0.39, 0.29) is 37.0 Å². The van der Waals surface area contributed by atoms with Crippen molar-refractivity contribution < 1.29 is 28.6 Å². The highest BCUT2D eigenvalue weighted by molar-refractivity contribution is 5.74. The second kappa shape index (κ2) is 14.3. The van der Waals surface area contributed by atoms with Crippen LogP contribution in [-0.4, -0.2) is 74.2 Å². The molecule has 2 aliphatic heterocycles. The van der Waals surface area contributed by atoms with E-state index < -0.39 is 12.2 Å². The van der Waals surface area contributed by atoms with Gasteiger partial charge in [0.05, 0.1) is 12.7 Å². The first-order chi connectivity index (χ1) is 17.3. The summed E-state index contributed by atoms with van der Waals surface area (Å²) in [5.74, 6) is 0.0276. The molecule has 5 N–H and O–H groups in total. The number of carbonyl (C=O) groups is 2. The fourth-order valence-electron chi connectivity index (χ4n) is 5.18. The highest BCUT2D eigenvalue weighted by Gasteiger charge is 2.32. The van der Waals surface area contributed by atoms with Gasteiger partial charge in [0.2, 0.25) is 0 Å². The summed E-state index contributed by atoms with van der Waals surface area (Å²) < 4.78 is 25.8. The summed E-state index contributed by atoms with van der Waals surface area (Å²) in [7, 11) is 0. The van der Waals surface area contributed by atoms with Gasteiger partial charge < -0.3 is 35.8 Å². The number of ether oxygens (including phenoxy) is 2. The summed E-state index contributed by atoms with van der Waals surface area (Å²) in [6, 6.07) is 4.31. The number of nitrogens with two attached hydrogens (primary N) is 1. The van der Waals surface area contributed by atoms with Crippen LogP contribution in [0.15, 0.2) is 18.2 Å². The first-order valence-corrected chi connectivity index (χ1v) is 13.0. The van der Waals surface area contributed by atoms with E-state index in [0.29, 0.717) is 25.6 Å². The molecule has 0 spiro atoms. The summed E-state index contributed by atoms with van der Waals surface area (Å²) in [6.07, 6.45) is 4.21. The maximum atomic E-state index is 14.1. The van der Waals surface area contributed by atoms with Gasteiger partial charge in [-0.15, -0.1) is 0 Å². The molecule has 0 bridgehead atoms. The van der Waals surface area contributed by atoms with E-state index in [4.69, 9.17) is 20.3 Å². The van der Waals surface area contributed by atoms with Crippen LogP contribution in [0.2, 0.25) is 0 Å². The van der Waals surface area contributed by atoms with Gasteiger partial charge in [-0.2, -0.15) is 0 Å². The van der Waals surface area contributed by atoms with E-state index in [1.165, 1.54) is 12.1 Å². The Balaban J connectivity index is 1.57. The molecule has 36 heavy (non-hydrogen) atoms. The van der Waals surface area contributed by atoms with Gasteiger partial charge in [-0.05, 0) is 68.2 Å². The molecule has 2 aliphatic rings. The minimum absolute atomic E-state index is 0.0494. The quantitative estimate of drug-likeness (QED) is 0.359. The number of piperidine rings is 1. The lowest BCUT2D eigenvalue weighted by molar-refractivity contribution is -0.00885. The third-order valence-corrected chi connectivity index (χ3v) is 7.05. The molecule has 2 heterocycles. The molecule has 0 saturated carbocycles. The smallest absolute Gasteiger partial charge is 0.404 e. The average molecular weight is 509 g/mol. The molecule has 9 nitrogen and oxygen atoms in total. The molecule has 2 fully saturated rings. The molecule has 10 heteroatoms. The number of rotatable bonds is 10. The van der Waals surface area contributed by atoms with Gasteiger partial charge in [-0.25, -0.2) is 14.0 Å². The van der Waals surface area contributed by atoms with E-state index >= 15 is 0 Å². The molecule has 4 atom stereocenters. The van der Waals surface area contributed by atoms with Crippen molar-refractivity contribution >= 4 is 12.1 Å². The monoisotopic (exact) mass is 508 g/mol. The summed E-state index contributed by atoms with van der Waals surface area (Å²) in [5, 5.41) is 14.1. The number of likely N-dealkylation sites (tertiary alicyclic amines) is 1. The minimum Gasteiger partial charge on any atom is -0.465 e. The Morgan fingerprint density at radius 1 is 1.28 bits per heavy atom. The van der Waals surface area contributed by atoms with Crippen LogP contribution in [-0.2, 0) is 9.47 Å². The van der Waals surface area contributed by atoms with Crippen molar-refractivity contribution in [1.29, 1.82) is 0 Å². The van der Waals surface area contributed by atoms with E-state index in [1.54, 1.807) is 11.0 Å². The SMILES string of the molecule is Cc1ccc(F)cc1C(OCCNC(=O)O)[C@@H]1CCCN(C(=O)NC[C@H](N)C[C@H]2CCCCOC2)C1. The second-order valence-corrected chi connectivity index (χ2v) is 9.99. The molecule has 1 unspecified atom stereocenters. The van der Waals surface area contributed by atoms with E-state index in [1.807, 2.05) is 6.92 Å². The lowest BCUT2D eigenvalue weighted by atomic mass is 9.86. The van der Waals surface area contributed by atoms with Crippen molar-refractivity contribution in [2.45, 2.75) is 57.6 Å². The van der Waals surface area contributed by atoms with Crippen LogP contribution in [0, 0.1) is 24.6 Å². The van der Waals surface area contributed by atoms with Crippen LogP contribution in [0.3, 0.4) is 0 Å². The number of carboxylic acid groups (broad SMARTS) is 1. The largest absolute Gasteiger partial charge is 0.465 e. The Morgan fingerprint density at radius 3 is 2.92 bits per heavy atom. The summed E-state index contributed by atoms with van der Waals surface area (Å²) >= 11 is 0. The van der Waals surface area contributed by atoms with Gasteiger partial charge >= 0.3 is 12.1 Å². The number of carbonyl (C=O) groups excluding carboxylic acids is 1. The highest BCUT2D eigenvalue weighted by atomic mass is 19.1. The fourth-order valence-corrected chi connectivity index (χ4v) is 5.18. The lowest BCUT2D eigenvalue weighted by Gasteiger charge is -2.37. The predicted molar refractivity (Wildman–Crippen MR) is 134 cm³/mol. The van der Waals surface area contributed by atoms with Gasteiger partial charge in [-0.3, -0.25) is 0 Å². The number of urea groups is 1. The van der Waals surface area contributed by atoms with Crippen molar-refractivity contribution in [3.63, 3.8) is 0 Å². The number of benzene rings is 1. The van der Waals surface area contributed by atoms with Gasteiger partial charge in [0.25, 0.3) is 0 Å². The molecule has 3 amide bonds. The topological polar surface area (TPSA) is 126 Å². The molecule has 1 aromatic rings. The molecule has 3 rings (SSSR count). The van der Waals surface area contributed by atoms with E-state index in [0.717, 1.165) is 62.9 Å². The van der Waals surface area contributed by atoms with Crippen molar-refractivity contribution in [3.8, 4) is 0 Å². The fraction of sp³-hybridized carbons (Fsp3) is 0.692. The zero-order valence-electron chi connectivity index (χ0n) is 21.2. The number of hydrogen-bond acceptors (Lipinski definition) is 5. The molecular formula is C26H41FN4O5. The Labute approximate surface area is 212 Å². The van der Waals surface area contributed by atoms with Crippen molar-refractivity contribution in [3.05, 3.63) is 35.1 Å². The molecule has 0 aliphatic carbocycles. The molecular weight excluding hydrogens is 467 g/mol. The minimum atomic E-state index is -1.12. The first-order valence-electron chi connectivity index (χ1n) is 13.0. The van der Waals surface area contributed by atoms with Crippen LogP contribution in [0.25, 0.3) is 0 Å². The number of hydrogen-bond donors (Lipinski definition) is 4. The highest BCUT2D eigenvalue weighted by Crippen LogP contribution is 2.35. The first kappa shape index (κ1) is 28.1. The van der Waals surface area contributed by atoms with Gasteiger partial charge in [0.1, 0.15) is 5.82 Å². The standard InChI is InChI=1S/C26H41FN4O5/c1-18-7-8-21(27)14-23(18)24(36-12-9-29-26(33)34)20-6-4-10-31(16-20)25(32)30-15-22(28)13-19-5-2-3-11-35-17-19/h7-8,14,19-20,22,24,29H,2-6,9-13,15-17,28H2,1H3,(H,30,32)(H,33,34)/t19-,20-,22-,24?/m1/s1. The number of halogens is 1. The van der Waals surface area contributed by atoms with Gasteiger partial charge in [0, 0.05) is 51.4 Å². The number of nitrogens with one attached hydrogen (secondary N) is 2. The van der Waals surface area contributed by atoms with E-state index in [9.17, 15) is 14.0 Å². The average Bonchev–Trinajstić information content (AvgIpc) is 3.13. The van der Waals surface area contributed by atoms with Crippen LogP contribution < -0.4 is 16.4 Å². The normalized spacial score (nSPS) is 22.4. The third-order valence-electron chi connectivity index (χ3n) is 7.05. The predicted octanol–water partition coefficient (Wildman–Crippen LogP) is 3.42. The Hall–Kier alpha value is -2.43. The molecule has 202 valence electrons. The maximum Gasteiger partial charge on any atom is 0.404 e. The van der Waals surface area contributed by atoms with Gasteiger partial charge in [0.15, 0.2) is 0 Å². The van der Waals surface area contributed by atoms with Gasteiger partial charge in [-0.1, -0.05) is 12.5 Å². The zero-order valence-corrected chi connectivity index (χ0v) is 21.2. The molecule has 2 saturated heterocycles. The molecule has 0 aromatic heterocycles. The molecule has 0 radical (unpaired) electrons. The maximum absolute atomic E-state index is 14.1.